The molecule has 2 aromatic rings. The number of rotatable bonds is 6. The summed E-state index contributed by atoms with van der Waals surface area (Å²) in [6.45, 7) is 2.30. The van der Waals surface area contributed by atoms with Gasteiger partial charge in [0, 0.05) is 34.0 Å². The molecule has 0 atom stereocenters. The minimum absolute atomic E-state index is 0.0441. The number of sulfonamides is 1. The van der Waals surface area contributed by atoms with Crippen LogP contribution in [0.25, 0.3) is 0 Å². The van der Waals surface area contributed by atoms with Crippen LogP contribution < -0.4 is 4.72 Å². The second-order valence-electron chi connectivity index (χ2n) is 4.21. The standard InChI is InChI=1S/C12H13BrN2O4S2/c1-2-15-6-10(4-11(15)12(16)17)21(18,19)14-5-9-3-8(13)7-20-9/h3-4,6-7,14H,2,5H2,1H3,(H,16,17). The van der Waals surface area contributed by atoms with Crippen LogP contribution in [0.2, 0.25) is 0 Å². The van der Waals surface area contributed by atoms with Crippen molar-refractivity contribution in [2.45, 2.75) is 24.9 Å². The largest absolute Gasteiger partial charge is 0.477 e. The fourth-order valence-electron chi connectivity index (χ4n) is 1.77. The summed E-state index contributed by atoms with van der Waals surface area (Å²) in [5, 5.41) is 10.9. The minimum Gasteiger partial charge on any atom is -0.477 e. The third-order valence-electron chi connectivity index (χ3n) is 2.80. The zero-order valence-corrected chi connectivity index (χ0v) is 14.3. The SMILES string of the molecule is CCn1cc(S(=O)(=O)NCc2cc(Br)cs2)cc1C(=O)O. The van der Waals surface area contributed by atoms with Gasteiger partial charge >= 0.3 is 5.97 Å². The molecule has 0 radical (unpaired) electrons. The Bertz CT molecular complexity index is 764. The van der Waals surface area contributed by atoms with E-state index < -0.39 is 16.0 Å². The summed E-state index contributed by atoms with van der Waals surface area (Å²) in [7, 11) is -3.74. The normalized spacial score (nSPS) is 11.7. The van der Waals surface area contributed by atoms with E-state index >= 15 is 0 Å². The van der Waals surface area contributed by atoms with Crippen LogP contribution in [0.4, 0.5) is 0 Å². The topological polar surface area (TPSA) is 88.4 Å². The van der Waals surface area contributed by atoms with Gasteiger partial charge < -0.3 is 9.67 Å². The second-order valence-corrected chi connectivity index (χ2v) is 7.89. The Balaban J connectivity index is 2.21. The number of hydrogen-bond donors (Lipinski definition) is 2. The average Bonchev–Trinajstić information content (AvgIpc) is 3.02. The number of halogens is 1. The van der Waals surface area contributed by atoms with Crippen LogP contribution in [0.1, 0.15) is 22.3 Å². The van der Waals surface area contributed by atoms with E-state index in [1.807, 2.05) is 11.4 Å². The monoisotopic (exact) mass is 392 g/mol. The van der Waals surface area contributed by atoms with Gasteiger partial charge in [-0.2, -0.15) is 0 Å². The molecular formula is C12H13BrN2O4S2. The highest BCUT2D eigenvalue weighted by atomic mass is 79.9. The minimum atomic E-state index is -3.74. The number of nitrogens with zero attached hydrogens (tertiary/aromatic N) is 1. The van der Waals surface area contributed by atoms with Gasteiger partial charge in [-0.1, -0.05) is 0 Å². The van der Waals surface area contributed by atoms with Crippen molar-refractivity contribution in [3.63, 3.8) is 0 Å². The Morgan fingerprint density at radius 2 is 2.19 bits per heavy atom. The highest BCUT2D eigenvalue weighted by molar-refractivity contribution is 9.10. The van der Waals surface area contributed by atoms with E-state index in [0.717, 1.165) is 9.35 Å². The number of carboxylic acid groups (broad SMARTS) is 1. The fraction of sp³-hybridized carbons (Fsp3) is 0.250. The Morgan fingerprint density at radius 3 is 2.67 bits per heavy atom. The third kappa shape index (κ3) is 3.73. The zero-order chi connectivity index (χ0) is 15.6. The molecule has 0 amide bonds. The number of carbonyl (C=O) groups is 1. The Labute approximate surface area is 134 Å². The molecular weight excluding hydrogens is 380 g/mol. The van der Waals surface area contributed by atoms with Gasteiger partial charge in [0.15, 0.2) is 0 Å². The Morgan fingerprint density at radius 1 is 1.48 bits per heavy atom. The summed E-state index contributed by atoms with van der Waals surface area (Å²) in [6, 6.07) is 2.99. The van der Waals surface area contributed by atoms with E-state index in [-0.39, 0.29) is 17.1 Å². The Kier molecular flexibility index (Phi) is 4.87. The number of aromatic carboxylic acids is 1. The number of hydrogen-bond acceptors (Lipinski definition) is 4. The van der Waals surface area contributed by atoms with E-state index in [1.54, 1.807) is 6.92 Å². The average molecular weight is 393 g/mol. The number of aryl methyl sites for hydroxylation is 1. The first-order valence-corrected chi connectivity index (χ1v) is 9.15. The summed E-state index contributed by atoms with van der Waals surface area (Å²) < 4.78 is 29.1. The van der Waals surface area contributed by atoms with E-state index in [1.165, 1.54) is 28.2 Å². The van der Waals surface area contributed by atoms with Gasteiger partial charge in [0.05, 0.1) is 0 Å². The van der Waals surface area contributed by atoms with E-state index in [9.17, 15) is 13.2 Å². The second kappa shape index (κ2) is 6.30. The molecule has 0 aliphatic carbocycles. The van der Waals surface area contributed by atoms with Crippen molar-refractivity contribution in [2.24, 2.45) is 0 Å². The van der Waals surface area contributed by atoms with Crippen molar-refractivity contribution < 1.29 is 18.3 Å². The Hall–Kier alpha value is -1.16. The van der Waals surface area contributed by atoms with E-state index in [4.69, 9.17) is 5.11 Å². The molecule has 2 rings (SSSR count). The zero-order valence-electron chi connectivity index (χ0n) is 11.0. The molecule has 0 unspecified atom stereocenters. The predicted molar refractivity (Wildman–Crippen MR) is 83.1 cm³/mol. The molecule has 2 aromatic heterocycles. The van der Waals surface area contributed by atoms with Crippen LogP contribution >= 0.6 is 27.3 Å². The van der Waals surface area contributed by atoms with Crippen molar-refractivity contribution in [1.82, 2.24) is 9.29 Å². The van der Waals surface area contributed by atoms with E-state index in [0.29, 0.717) is 6.54 Å². The first-order chi connectivity index (χ1) is 9.83. The summed E-state index contributed by atoms with van der Waals surface area (Å²) in [5.41, 5.74) is -0.0447. The van der Waals surface area contributed by atoms with Crippen molar-refractivity contribution >= 4 is 43.3 Å². The van der Waals surface area contributed by atoms with Crippen LogP contribution in [0.3, 0.4) is 0 Å². The van der Waals surface area contributed by atoms with Crippen molar-refractivity contribution in [3.05, 3.63) is 38.8 Å². The van der Waals surface area contributed by atoms with E-state index in [2.05, 4.69) is 20.7 Å². The van der Waals surface area contributed by atoms with Gasteiger partial charge in [-0.05, 0) is 35.0 Å². The third-order valence-corrected chi connectivity index (χ3v) is 5.87. The lowest BCUT2D eigenvalue weighted by molar-refractivity contribution is 0.0685. The van der Waals surface area contributed by atoms with Gasteiger partial charge in [-0.15, -0.1) is 11.3 Å². The number of thiophene rings is 1. The molecule has 0 fully saturated rings. The molecule has 0 aromatic carbocycles. The maximum Gasteiger partial charge on any atom is 0.352 e. The highest BCUT2D eigenvalue weighted by Gasteiger charge is 2.20. The number of aromatic nitrogens is 1. The first kappa shape index (κ1) is 16.2. The molecule has 0 saturated carbocycles. The molecule has 0 spiro atoms. The molecule has 21 heavy (non-hydrogen) atoms. The maximum absolute atomic E-state index is 12.2. The molecule has 0 aliphatic heterocycles. The lowest BCUT2D eigenvalue weighted by Crippen LogP contribution is -2.22. The fourth-order valence-corrected chi connectivity index (χ4v) is 4.29. The van der Waals surface area contributed by atoms with Crippen molar-refractivity contribution in [3.8, 4) is 0 Å². The van der Waals surface area contributed by atoms with Crippen LogP contribution in [0.5, 0.6) is 0 Å². The molecule has 6 nitrogen and oxygen atoms in total. The molecule has 114 valence electrons. The summed E-state index contributed by atoms with van der Waals surface area (Å²) in [5.74, 6) is -1.15. The van der Waals surface area contributed by atoms with Crippen LogP contribution in [0, 0.1) is 0 Å². The van der Waals surface area contributed by atoms with Gasteiger partial charge in [0.25, 0.3) is 0 Å². The lowest BCUT2D eigenvalue weighted by atomic mass is 10.4. The lowest BCUT2D eigenvalue weighted by Gasteiger charge is -2.03. The van der Waals surface area contributed by atoms with Gasteiger partial charge in [-0.25, -0.2) is 17.9 Å². The van der Waals surface area contributed by atoms with Gasteiger partial charge in [0.1, 0.15) is 10.6 Å². The molecule has 2 heterocycles. The highest BCUT2D eigenvalue weighted by Crippen LogP contribution is 2.20. The maximum atomic E-state index is 12.2. The quantitative estimate of drug-likeness (QED) is 0.790. The summed E-state index contributed by atoms with van der Waals surface area (Å²) in [6.07, 6.45) is 1.33. The smallest absolute Gasteiger partial charge is 0.352 e. The van der Waals surface area contributed by atoms with Crippen molar-refractivity contribution in [1.29, 1.82) is 0 Å². The molecule has 0 aliphatic rings. The molecule has 2 N–H and O–H groups in total. The number of nitrogens with one attached hydrogen (secondary N) is 1. The van der Waals surface area contributed by atoms with Gasteiger partial charge in [-0.3, -0.25) is 0 Å². The summed E-state index contributed by atoms with van der Waals surface area (Å²) >= 11 is 4.73. The van der Waals surface area contributed by atoms with Gasteiger partial charge in [0.2, 0.25) is 10.0 Å². The number of carboxylic acids is 1. The summed E-state index contributed by atoms with van der Waals surface area (Å²) in [4.78, 5) is 11.9. The molecule has 9 heteroatoms. The predicted octanol–water partition coefficient (Wildman–Crippen LogP) is 2.51. The first-order valence-electron chi connectivity index (χ1n) is 5.99. The molecule has 0 saturated heterocycles. The van der Waals surface area contributed by atoms with Crippen LogP contribution in [0.15, 0.2) is 33.1 Å². The van der Waals surface area contributed by atoms with Crippen LogP contribution in [-0.4, -0.2) is 24.1 Å². The van der Waals surface area contributed by atoms with Crippen LogP contribution in [-0.2, 0) is 23.1 Å². The molecule has 0 bridgehead atoms. The van der Waals surface area contributed by atoms with Crippen molar-refractivity contribution in [2.75, 3.05) is 0 Å².